The number of piperazine rings is 1. The number of nitrogens with one attached hydrogen (secondary N) is 2. The molecule has 3 atom stereocenters. The molecule has 12 nitrogen and oxygen atoms in total. The van der Waals surface area contributed by atoms with E-state index in [0.717, 1.165) is 46.3 Å². The van der Waals surface area contributed by atoms with Crippen LogP contribution in [0.3, 0.4) is 0 Å². The van der Waals surface area contributed by atoms with Crippen LogP contribution in [0.2, 0.25) is 0 Å². The molecule has 266 valence electrons. The van der Waals surface area contributed by atoms with Crippen molar-refractivity contribution in [3.63, 3.8) is 0 Å². The van der Waals surface area contributed by atoms with Crippen molar-refractivity contribution < 1.29 is 33.4 Å². The summed E-state index contributed by atoms with van der Waals surface area (Å²) in [6, 6.07) is 11.4. The monoisotopic (exact) mass is 685 g/mol. The number of amides is 4. The Morgan fingerprint density at radius 1 is 0.900 bits per heavy atom. The average Bonchev–Trinajstić information content (AvgIpc) is 3.94. The van der Waals surface area contributed by atoms with Crippen LogP contribution in [0.25, 0.3) is 10.9 Å². The van der Waals surface area contributed by atoms with Crippen molar-refractivity contribution in [2.45, 2.75) is 57.5 Å². The molecular weight excluding hydrogens is 638 g/mol. The van der Waals surface area contributed by atoms with Gasteiger partial charge in [0.15, 0.2) is 11.5 Å². The molecule has 2 aromatic carbocycles. The minimum Gasteiger partial charge on any atom is -0.497 e. The van der Waals surface area contributed by atoms with Crippen LogP contribution in [-0.2, 0) is 37.7 Å². The predicted molar refractivity (Wildman–Crippen MR) is 186 cm³/mol. The molecule has 3 fully saturated rings. The number of ether oxygens (including phenoxy) is 3. The molecule has 12 heteroatoms. The van der Waals surface area contributed by atoms with E-state index in [9.17, 15) is 19.2 Å². The number of rotatable bonds is 10. The molecule has 2 saturated heterocycles. The Morgan fingerprint density at radius 3 is 2.28 bits per heavy atom. The minimum absolute atomic E-state index is 0.0212. The second-order valence-corrected chi connectivity index (χ2v) is 14.0. The Morgan fingerprint density at radius 2 is 1.62 bits per heavy atom. The number of methoxy groups -OCH3 is 3. The van der Waals surface area contributed by atoms with Gasteiger partial charge >= 0.3 is 0 Å². The van der Waals surface area contributed by atoms with Crippen molar-refractivity contribution in [3.05, 3.63) is 53.2 Å². The molecule has 1 saturated carbocycles. The molecule has 1 aromatic heterocycles. The third-order valence-electron chi connectivity index (χ3n) is 11.4. The van der Waals surface area contributed by atoms with Crippen molar-refractivity contribution in [2.24, 2.45) is 17.8 Å². The second kappa shape index (κ2) is 13.5. The normalized spacial score (nSPS) is 23.3. The third kappa shape index (κ3) is 5.82. The molecule has 1 unspecified atom stereocenters. The first-order valence-electron chi connectivity index (χ1n) is 17.8. The Balaban J connectivity index is 1.17. The van der Waals surface area contributed by atoms with Gasteiger partial charge in [-0.3, -0.25) is 19.2 Å². The standard InChI is InChI=1S/C38H47N5O7/c1-5-38-29(37(47)42-16-14-41(15-17-42)35(45)24-7-8-24)19-25(20-33(44)39-22-23-6-11-31(49-3)32(18-23)50-4)36(46)43(38)13-12-27-28-21-26(48-2)9-10-30(28)40-34(27)38/h6,9-11,18,21,24-25,29,40H,5,7-8,12-17,19-20,22H2,1-4H3,(H,39,44)/t25?,29-,38+/m1/s1. The number of H-pyrrole nitrogens is 1. The fourth-order valence-corrected chi connectivity index (χ4v) is 8.54. The van der Waals surface area contributed by atoms with Gasteiger partial charge in [-0.05, 0) is 73.6 Å². The second-order valence-electron chi connectivity index (χ2n) is 14.0. The summed E-state index contributed by atoms with van der Waals surface area (Å²) in [6.45, 7) is 4.68. The smallest absolute Gasteiger partial charge is 0.228 e. The van der Waals surface area contributed by atoms with Crippen LogP contribution in [0, 0.1) is 17.8 Å². The fourth-order valence-electron chi connectivity index (χ4n) is 8.54. The number of nitrogens with zero attached hydrogens (tertiary/aromatic N) is 3. The number of hydrogen-bond acceptors (Lipinski definition) is 7. The quantitative estimate of drug-likeness (QED) is 0.333. The van der Waals surface area contributed by atoms with E-state index in [4.69, 9.17) is 14.2 Å². The number of hydrogen-bond donors (Lipinski definition) is 2. The zero-order chi connectivity index (χ0) is 35.2. The first-order chi connectivity index (χ1) is 24.2. The zero-order valence-electron chi connectivity index (χ0n) is 29.4. The molecule has 4 aliphatic rings. The van der Waals surface area contributed by atoms with Gasteiger partial charge in [0.05, 0.1) is 32.8 Å². The number of benzene rings is 2. The molecule has 4 amide bonds. The number of aromatic amines is 1. The largest absolute Gasteiger partial charge is 0.497 e. The Kier molecular flexibility index (Phi) is 9.13. The SMILES string of the molecule is CC[C@]12c3[nH]c4ccc(OC)cc4c3CCN1C(=O)C(CC(=O)NCc1ccc(OC)c(OC)c1)C[C@@H]2C(=O)N1CCN(C(=O)C2CC2)CC1. The van der Waals surface area contributed by atoms with E-state index in [1.54, 1.807) is 27.4 Å². The molecule has 50 heavy (non-hydrogen) atoms. The highest BCUT2D eigenvalue weighted by molar-refractivity contribution is 5.93. The van der Waals surface area contributed by atoms with Gasteiger partial charge in [-0.1, -0.05) is 13.0 Å². The van der Waals surface area contributed by atoms with Gasteiger partial charge in [0.2, 0.25) is 23.6 Å². The Hall–Kier alpha value is -4.74. The van der Waals surface area contributed by atoms with Crippen molar-refractivity contribution in [2.75, 3.05) is 54.1 Å². The highest BCUT2D eigenvalue weighted by Gasteiger charge is 2.59. The van der Waals surface area contributed by atoms with Crippen LogP contribution in [0.1, 0.15) is 55.8 Å². The van der Waals surface area contributed by atoms with E-state index < -0.39 is 17.4 Å². The van der Waals surface area contributed by atoms with Gasteiger partial charge in [-0.15, -0.1) is 0 Å². The third-order valence-corrected chi connectivity index (χ3v) is 11.4. The highest BCUT2D eigenvalue weighted by Crippen LogP contribution is 2.52. The maximum atomic E-state index is 14.8. The molecule has 1 aliphatic carbocycles. The topological polar surface area (TPSA) is 134 Å². The van der Waals surface area contributed by atoms with E-state index in [-0.39, 0.29) is 48.9 Å². The molecular formula is C38H47N5O7. The van der Waals surface area contributed by atoms with Crippen molar-refractivity contribution >= 4 is 34.5 Å². The highest BCUT2D eigenvalue weighted by atomic mass is 16.5. The molecule has 7 rings (SSSR count). The molecule has 4 heterocycles. The summed E-state index contributed by atoms with van der Waals surface area (Å²) < 4.78 is 16.3. The van der Waals surface area contributed by atoms with Crippen LogP contribution >= 0.6 is 0 Å². The van der Waals surface area contributed by atoms with E-state index >= 15 is 0 Å². The first-order valence-corrected chi connectivity index (χ1v) is 17.8. The molecule has 2 N–H and O–H groups in total. The first kappa shape index (κ1) is 33.7. The molecule has 3 aliphatic heterocycles. The number of carbonyl (C=O) groups is 4. The molecule has 0 spiro atoms. The summed E-state index contributed by atoms with van der Waals surface area (Å²) in [5, 5.41) is 4.01. The van der Waals surface area contributed by atoms with Crippen LogP contribution < -0.4 is 19.5 Å². The van der Waals surface area contributed by atoms with E-state index in [1.807, 2.05) is 52.0 Å². The van der Waals surface area contributed by atoms with Crippen molar-refractivity contribution in [3.8, 4) is 17.2 Å². The van der Waals surface area contributed by atoms with E-state index in [1.165, 1.54) is 0 Å². The van der Waals surface area contributed by atoms with Gasteiger partial charge in [0.1, 0.15) is 5.75 Å². The number of fused-ring (bicyclic) bond motifs is 5. The van der Waals surface area contributed by atoms with Gasteiger partial charge in [0, 0.05) is 74.1 Å². The summed E-state index contributed by atoms with van der Waals surface area (Å²) >= 11 is 0. The average molecular weight is 686 g/mol. The molecule has 0 bridgehead atoms. The Labute approximate surface area is 292 Å². The van der Waals surface area contributed by atoms with Crippen molar-refractivity contribution in [1.82, 2.24) is 25.0 Å². The summed E-state index contributed by atoms with van der Waals surface area (Å²) in [5.74, 6) is 0.637. The lowest BCUT2D eigenvalue weighted by molar-refractivity contribution is -0.167. The summed E-state index contributed by atoms with van der Waals surface area (Å²) in [6.07, 6.45) is 3.29. The lowest BCUT2D eigenvalue weighted by Gasteiger charge is -2.56. The maximum absolute atomic E-state index is 14.8. The van der Waals surface area contributed by atoms with E-state index in [2.05, 4.69) is 10.3 Å². The summed E-state index contributed by atoms with van der Waals surface area (Å²) in [7, 11) is 4.78. The fraction of sp³-hybridized carbons (Fsp3) is 0.526. The summed E-state index contributed by atoms with van der Waals surface area (Å²) in [4.78, 5) is 64.8. The lowest BCUT2D eigenvalue weighted by atomic mass is 9.65. The number of carbonyl (C=O) groups excluding carboxylic acids is 4. The number of piperidine rings is 1. The van der Waals surface area contributed by atoms with Gasteiger partial charge < -0.3 is 39.2 Å². The van der Waals surface area contributed by atoms with Crippen LogP contribution in [0.5, 0.6) is 17.2 Å². The van der Waals surface area contributed by atoms with Crippen LogP contribution in [-0.4, -0.2) is 97.4 Å². The molecule has 0 radical (unpaired) electrons. The Bertz CT molecular complexity index is 1810. The van der Waals surface area contributed by atoms with Crippen LogP contribution in [0.15, 0.2) is 36.4 Å². The van der Waals surface area contributed by atoms with Gasteiger partial charge in [0.25, 0.3) is 0 Å². The van der Waals surface area contributed by atoms with E-state index in [0.29, 0.717) is 57.1 Å². The predicted octanol–water partition coefficient (Wildman–Crippen LogP) is 3.61. The lowest BCUT2D eigenvalue weighted by Crippen LogP contribution is -2.66. The summed E-state index contributed by atoms with van der Waals surface area (Å²) in [5.41, 5.74) is 2.88. The van der Waals surface area contributed by atoms with Crippen molar-refractivity contribution in [1.29, 1.82) is 0 Å². The number of aromatic nitrogens is 1. The van der Waals surface area contributed by atoms with Crippen LogP contribution in [0.4, 0.5) is 0 Å². The maximum Gasteiger partial charge on any atom is 0.228 e. The van der Waals surface area contributed by atoms with Gasteiger partial charge in [-0.25, -0.2) is 0 Å². The van der Waals surface area contributed by atoms with Gasteiger partial charge in [-0.2, -0.15) is 0 Å². The minimum atomic E-state index is -0.901. The zero-order valence-corrected chi connectivity index (χ0v) is 29.4. The molecule has 3 aromatic rings.